The first-order chi connectivity index (χ1) is 15.5. The number of Topliss-reactive ketones (excluding diaryl/α,β-unsaturated/α-hetero) is 1. The number of nitro groups is 1. The van der Waals surface area contributed by atoms with Gasteiger partial charge in [0.1, 0.15) is 5.82 Å². The van der Waals surface area contributed by atoms with Crippen molar-refractivity contribution in [3.05, 3.63) is 78.9 Å². The van der Waals surface area contributed by atoms with Gasteiger partial charge in [0.2, 0.25) is 0 Å². The van der Waals surface area contributed by atoms with Crippen LogP contribution in [0.15, 0.2) is 59.1 Å². The number of hydrogen-bond acceptors (Lipinski definition) is 7. The Balaban J connectivity index is 1.87. The molecule has 0 spiro atoms. The van der Waals surface area contributed by atoms with E-state index in [-0.39, 0.29) is 17.3 Å². The molecule has 0 bridgehead atoms. The van der Waals surface area contributed by atoms with Gasteiger partial charge in [-0.1, -0.05) is 19.4 Å². The van der Waals surface area contributed by atoms with Crippen molar-refractivity contribution in [1.29, 1.82) is 5.26 Å². The Labute approximate surface area is 190 Å². The van der Waals surface area contributed by atoms with Gasteiger partial charge in [-0.05, 0) is 43.9 Å². The van der Waals surface area contributed by atoms with Crippen molar-refractivity contribution in [1.82, 2.24) is 0 Å². The van der Waals surface area contributed by atoms with E-state index in [9.17, 15) is 20.2 Å². The number of nitriles is 1. The number of nitrogens with two attached hydrogens (primary N) is 1. The van der Waals surface area contributed by atoms with Crippen LogP contribution in [0.25, 0.3) is 0 Å². The van der Waals surface area contributed by atoms with Crippen LogP contribution in [0.1, 0.15) is 54.7 Å². The monoisotopic (exact) mass is 448 g/mol. The molecule has 1 aromatic heterocycles. The molecule has 0 radical (unpaired) electrons. The highest BCUT2D eigenvalue weighted by molar-refractivity contribution is 7.12. The van der Waals surface area contributed by atoms with E-state index in [1.807, 2.05) is 6.07 Å². The fraction of sp³-hybridized carbons (Fsp3) is 0.333. The lowest BCUT2D eigenvalue weighted by Crippen LogP contribution is -2.38. The summed E-state index contributed by atoms with van der Waals surface area (Å²) in [4.78, 5) is 27.8. The highest BCUT2D eigenvalue weighted by Gasteiger charge is 2.41. The fourth-order valence-corrected chi connectivity index (χ4v) is 5.62. The molecule has 32 heavy (non-hydrogen) atoms. The summed E-state index contributed by atoms with van der Waals surface area (Å²) in [5.41, 5.74) is 8.60. The predicted octanol–water partition coefficient (Wildman–Crippen LogP) is 5.30. The number of nitrogens with zero attached hydrogens (tertiary/aromatic N) is 3. The maximum absolute atomic E-state index is 13.2. The maximum Gasteiger partial charge on any atom is 0.271 e. The molecule has 0 saturated carbocycles. The van der Waals surface area contributed by atoms with Crippen LogP contribution in [-0.4, -0.2) is 10.7 Å². The van der Waals surface area contributed by atoms with Gasteiger partial charge in [-0.15, -0.1) is 11.3 Å². The zero-order valence-electron chi connectivity index (χ0n) is 17.8. The molecule has 1 aliphatic heterocycles. The van der Waals surface area contributed by atoms with Crippen LogP contribution in [0.4, 0.5) is 11.4 Å². The normalized spacial score (nSPS) is 18.6. The average Bonchev–Trinajstić information content (AvgIpc) is 3.25. The number of allylic oxidation sites excluding steroid dienone is 3. The van der Waals surface area contributed by atoms with Crippen LogP contribution in [0.5, 0.6) is 0 Å². The molecular weight excluding hydrogens is 424 g/mol. The average molecular weight is 449 g/mol. The minimum Gasteiger partial charge on any atom is -0.384 e. The second-order valence-corrected chi connectivity index (χ2v) is 9.20. The van der Waals surface area contributed by atoms with E-state index in [0.717, 1.165) is 29.8 Å². The van der Waals surface area contributed by atoms with Crippen LogP contribution >= 0.6 is 11.3 Å². The van der Waals surface area contributed by atoms with Gasteiger partial charge in [0.05, 0.1) is 28.2 Å². The first-order valence-corrected chi connectivity index (χ1v) is 11.6. The molecule has 4 rings (SSSR count). The zero-order chi connectivity index (χ0) is 22.8. The molecule has 0 amide bonds. The quantitative estimate of drug-likeness (QED) is 0.474. The molecule has 2 heterocycles. The van der Waals surface area contributed by atoms with Gasteiger partial charge < -0.3 is 5.73 Å². The number of carbonyl (C=O) groups excluding carboxylic acids is 1. The Morgan fingerprint density at radius 2 is 2.12 bits per heavy atom. The molecular formula is C24H24N4O3S. The largest absolute Gasteiger partial charge is 0.384 e. The zero-order valence-corrected chi connectivity index (χ0v) is 18.7. The minimum absolute atomic E-state index is 0.00967. The van der Waals surface area contributed by atoms with Gasteiger partial charge in [-0.2, -0.15) is 5.26 Å². The Kier molecular flexibility index (Phi) is 6.10. The van der Waals surface area contributed by atoms with Crippen LogP contribution in [0.3, 0.4) is 0 Å². The molecule has 1 atom stereocenters. The standard InChI is InChI=1S/C24H24N4O3S/c1-2-3-8-17-11-12-21(32-17)22-18(14-25)24(26)27(19-9-5-10-20(29)23(19)22)15-6-4-7-16(13-15)28(30)31/h4,6-7,11-13,22H,2-3,5,8-10,26H2,1H3. The van der Waals surface area contributed by atoms with Gasteiger partial charge in [-0.25, -0.2) is 0 Å². The second-order valence-electron chi connectivity index (χ2n) is 8.00. The molecule has 1 aromatic carbocycles. The summed E-state index contributed by atoms with van der Waals surface area (Å²) in [6, 6.07) is 12.5. The van der Waals surface area contributed by atoms with Gasteiger partial charge in [0.15, 0.2) is 5.78 Å². The number of nitro benzene ring substituents is 1. The van der Waals surface area contributed by atoms with E-state index in [0.29, 0.717) is 36.1 Å². The number of ketones is 1. The third-order valence-electron chi connectivity index (χ3n) is 5.96. The molecule has 1 aliphatic carbocycles. The Morgan fingerprint density at radius 3 is 2.84 bits per heavy atom. The Morgan fingerprint density at radius 1 is 1.31 bits per heavy atom. The van der Waals surface area contributed by atoms with E-state index in [1.165, 1.54) is 17.0 Å². The summed E-state index contributed by atoms with van der Waals surface area (Å²) in [5, 5.41) is 21.4. The van der Waals surface area contributed by atoms with Gasteiger partial charge in [0.25, 0.3) is 5.69 Å². The third kappa shape index (κ3) is 3.80. The number of aryl methyl sites for hydroxylation is 1. The van der Waals surface area contributed by atoms with Crippen LogP contribution in [0.2, 0.25) is 0 Å². The first kappa shape index (κ1) is 21.8. The second kappa shape index (κ2) is 8.97. The van der Waals surface area contributed by atoms with Crippen molar-refractivity contribution < 1.29 is 9.72 Å². The Bertz CT molecular complexity index is 1190. The number of benzene rings is 1. The van der Waals surface area contributed by atoms with E-state index in [2.05, 4.69) is 19.1 Å². The summed E-state index contributed by atoms with van der Waals surface area (Å²) >= 11 is 1.63. The van der Waals surface area contributed by atoms with Gasteiger partial charge in [-0.3, -0.25) is 19.8 Å². The van der Waals surface area contributed by atoms with Crippen molar-refractivity contribution in [2.24, 2.45) is 5.73 Å². The van der Waals surface area contributed by atoms with Crippen molar-refractivity contribution in [2.75, 3.05) is 4.90 Å². The van der Waals surface area contributed by atoms with Crippen molar-refractivity contribution in [2.45, 2.75) is 51.4 Å². The number of hydrogen-bond donors (Lipinski definition) is 1. The first-order valence-electron chi connectivity index (χ1n) is 10.8. The molecule has 7 nitrogen and oxygen atoms in total. The number of carbonyl (C=O) groups is 1. The number of unbranched alkanes of at least 4 members (excludes halogenated alkanes) is 1. The smallest absolute Gasteiger partial charge is 0.271 e. The highest BCUT2D eigenvalue weighted by atomic mass is 32.1. The molecule has 1 unspecified atom stereocenters. The SMILES string of the molecule is CCCCc1ccc(C2C(C#N)=C(N)N(c3cccc([N+](=O)[O-])c3)C3=C2C(=O)CCC3)s1. The van der Waals surface area contributed by atoms with E-state index >= 15 is 0 Å². The van der Waals surface area contributed by atoms with Crippen molar-refractivity contribution in [3.8, 4) is 6.07 Å². The minimum atomic E-state index is -0.488. The van der Waals surface area contributed by atoms with Crippen LogP contribution < -0.4 is 10.6 Å². The lowest BCUT2D eigenvalue weighted by Gasteiger charge is -2.39. The van der Waals surface area contributed by atoms with Crippen LogP contribution in [-0.2, 0) is 11.2 Å². The maximum atomic E-state index is 13.2. The number of rotatable bonds is 6. The summed E-state index contributed by atoms with van der Waals surface area (Å²) in [5.74, 6) is -0.247. The van der Waals surface area contributed by atoms with E-state index < -0.39 is 10.8 Å². The Hall–Kier alpha value is -3.44. The predicted molar refractivity (Wildman–Crippen MR) is 124 cm³/mol. The molecule has 0 saturated heterocycles. The lowest BCUT2D eigenvalue weighted by molar-refractivity contribution is -0.384. The van der Waals surface area contributed by atoms with Crippen molar-refractivity contribution >= 4 is 28.5 Å². The third-order valence-corrected chi connectivity index (χ3v) is 7.17. The molecule has 2 aromatic rings. The summed E-state index contributed by atoms with van der Waals surface area (Å²) < 4.78 is 0. The molecule has 8 heteroatoms. The highest BCUT2D eigenvalue weighted by Crippen LogP contribution is 2.48. The molecule has 164 valence electrons. The number of thiophene rings is 1. The van der Waals surface area contributed by atoms with E-state index in [1.54, 1.807) is 28.4 Å². The van der Waals surface area contributed by atoms with E-state index in [4.69, 9.17) is 5.73 Å². The number of anilines is 1. The molecule has 2 N–H and O–H groups in total. The fourth-order valence-electron chi connectivity index (χ4n) is 4.45. The van der Waals surface area contributed by atoms with Crippen molar-refractivity contribution in [3.63, 3.8) is 0 Å². The topological polar surface area (TPSA) is 113 Å². The summed E-state index contributed by atoms with van der Waals surface area (Å²) in [6.07, 6.45) is 4.87. The summed E-state index contributed by atoms with van der Waals surface area (Å²) in [6.45, 7) is 2.15. The van der Waals surface area contributed by atoms with Crippen LogP contribution in [0, 0.1) is 21.4 Å². The van der Waals surface area contributed by atoms with Gasteiger partial charge >= 0.3 is 0 Å². The molecule has 2 aliphatic rings. The summed E-state index contributed by atoms with van der Waals surface area (Å²) in [7, 11) is 0. The molecule has 0 fully saturated rings. The number of non-ortho nitro benzene ring substituents is 1. The van der Waals surface area contributed by atoms with Gasteiger partial charge in [0, 0.05) is 39.6 Å². The lowest BCUT2D eigenvalue weighted by atomic mass is 9.78.